The summed E-state index contributed by atoms with van der Waals surface area (Å²) in [7, 11) is 2.17. The van der Waals surface area contributed by atoms with Gasteiger partial charge in [0.25, 0.3) is 0 Å². The summed E-state index contributed by atoms with van der Waals surface area (Å²) >= 11 is 0. The average molecular weight is 393 g/mol. The SMILES string of the molecule is CC(=O)Oc1c(C(C)C)cc2c(c1OC(C)=O)-c1cccc3c1[C@@H](C2)N(C)CC3. The quantitative estimate of drug-likeness (QED) is 0.571. The zero-order valence-corrected chi connectivity index (χ0v) is 17.7. The first-order chi connectivity index (χ1) is 13.8. The summed E-state index contributed by atoms with van der Waals surface area (Å²) in [6, 6.07) is 8.76. The molecule has 0 aromatic heterocycles. The van der Waals surface area contributed by atoms with Crippen molar-refractivity contribution in [1.82, 2.24) is 4.90 Å². The lowest BCUT2D eigenvalue weighted by Crippen LogP contribution is -2.35. The summed E-state index contributed by atoms with van der Waals surface area (Å²) in [5.41, 5.74) is 6.60. The van der Waals surface area contributed by atoms with Crippen LogP contribution in [0.5, 0.6) is 11.5 Å². The number of ether oxygens (including phenoxy) is 2. The predicted octanol–water partition coefficient (Wildman–Crippen LogP) is 4.41. The lowest BCUT2D eigenvalue weighted by atomic mass is 9.76. The summed E-state index contributed by atoms with van der Waals surface area (Å²) < 4.78 is 11.3. The molecule has 0 N–H and O–H groups in total. The Labute approximate surface area is 171 Å². The first kappa shape index (κ1) is 19.6. The van der Waals surface area contributed by atoms with Gasteiger partial charge in [-0.2, -0.15) is 0 Å². The number of likely N-dealkylation sites (N-methyl/N-ethyl adjacent to an activating group) is 1. The number of hydrogen-bond donors (Lipinski definition) is 0. The molecule has 5 heteroatoms. The van der Waals surface area contributed by atoms with E-state index in [0.717, 1.165) is 41.6 Å². The molecule has 1 heterocycles. The van der Waals surface area contributed by atoms with Crippen LogP contribution in [0.4, 0.5) is 0 Å². The number of benzene rings is 2. The fourth-order valence-electron chi connectivity index (χ4n) is 4.67. The van der Waals surface area contributed by atoms with Gasteiger partial charge < -0.3 is 9.47 Å². The molecule has 0 spiro atoms. The second kappa shape index (κ2) is 7.30. The Hall–Kier alpha value is -2.66. The summed E-state index contributed by atoms with van der Waals surface area (Å²) in [5.74, 6) is -0.00858. The molecule has 0 saturated heterocycles. The molecule has 1 aliphatic carbocycles. The van der Waals surface area contributed by atoms with Crippen LogP contribution in [0, 0.1) is 0 Å². The van der Waals surface area contributed by atoms with Crippen LogP contribution in [0.25, 0.3) is 11.1 Å². The van der Waals surface area contributed by atoms with Crippen LogP contribution in [-0.2, 0) is 22.4 Å². The zero-order chi connectivity index (χ0) is 20.9. The van der Waals surface area contributed by atoms with Crippen molar-refractivity contribution in [3.63, 3.8) is 0 Å². The Morgan fingerprint density at radius 3 is 2.41 bits per heavy atom. The third-order valence-electron chi connectivity index (χ3n) is 5.94. The molecule has 0 bridgehead atoms. The molecule has 1 atom stereocenters. The number of nitrogens with zero attached hydrogens (tertiary/aromatic N) is 1. The first-order valence-electron chi connectivity index (χ1n) is 10.2. The molecule has 4 rings (SSSR count). The molecule has 29 heavy (non-hydrogen) atoms. The van der Waals surface area contributed by atoms with E-state index in [2.05, 4.69) is 36.2 Å². The van der Waals surface area contributed by atoms with Gasteiger partial charge in [-0.15, -0.1) is 0 Å². The minimum absolute atomic E-state index is 0.112. The van der Waals surface area contributed by atoms with Crippen LogP contribution >= 0.6 is 0 Å². The van der Waals surface area contributed by atoms with E-state index in [1.54, 1.807) is 0 Å². The lowest BCUT2D eigenvalue weighted by Gasteiger charge is -2.40. The molecule has 2 aromatic rings. The first-order valence-corrected chi connectivity index (χ1v) is 10.2. The molecule has 0 radical (unpaired) electrons. The molecular formula is C24H27NO4. The van der Waals surface area contributed by atoms with Crippen molar-refractivity contribution in [3.05, 3.63) is 46.5 Å². The zero-order valence-electron chi connectivity index (χ0n) is 17.7. The highest BCUT2D eigenvalue weighted by molar-refractivity contribution is 5.87. The fourth-order valence-corrected chi connectivity index (χ4v) is 4.67. The molecule has 1 aliphatic heterocycles. The van der Waals surface area contributed by atoms with Crippen LogP contribution in [0.15, 0.2) is 24.3 Å². The number of carbonyl (C=O) groups excluding carboxylic acids is 2. The van der Waals surface area contributed by atoms with Crippen molar-refractivity contribution in [1.29, 1.82) is 0 Å². The summed E-state index contributed by atoms with van der Waals surface area (Å²) in [5, 5.41) is 0. The molecule has 152 valence electrons. The molecular weight excluding hydrogens is 366 g/mol. The second-order valence-corrected chi connectivity index (χ2v) is 8.33. The summed E-state index contributed by atoms with van der Waals surface area (Å²) in [6.07, 6.45) is 1.83. The number of carbonyl (C=O) groups is 2. The van der Waals surface area contributed by atoms with Gasteiger partial charge in [-0.05, 0) is 48.1 Å². The molecule has 2 aromatic carbocycles. The van der Waals surface area contributed by atoms with E-state index in [1.165, 1.54) is 25.0 Å². The third-order valence-corrected chi connectivity index (χ3v) is 5.94. The Morgan fingerprint density at radius 1 is 1.07 bits per heavy atom. The Morgan fingerprint density at radius 2 is 1.76 bits per heavy atom. The summed E-state index contributed by atoms with van der Waals surface area (Å²) in [4.78, 5) is 26.3. The van der Waals surface area contributed by atoms with Gasteiger partial charge in [0.1, 0.15) is 0 Å². The third kappa shape index (κ3) is 3.33. The van der Waals surface area contributed by atoms with Crippen molar-refractivity contribution in [2.75, 3.05) is 13.6 Å². The van der Waals surface area contributed by atoms with E-state index < -0.39 is 11.9 Å². The maximum absolute atomic E-state index is 12.0. The molecule has 0 amide bonds. The van der Waals surface area contributed by atoms with Gasteiger partial charge in [0.05, 0.1) is 0 Å². The second-order valence-electron chi connectivity index (χ2n) is 8.33. The van der Waals surface area contributed by atoms with Crippen molar-refractivity contribution >= 4 is 11.9 Å². The molecule has 0 saturated carbocycles. The highest BCUT2D eigenvalue weighted by atomic mass is 16.6. The van der Waals surface area contributed by atoms with Crippen molar-refractivity contribution in [2.24, 2.45) is 0 Å². The van der Waals surface area contributed by atoms with Gasteiger partial charge >= 0.3 is 11.9 Å². The Kier molecular flexibility index (Phi) is 4.95. The van der Waals surface area contributed by atoms with Gasteiger partial charge in [0, 0.05) is 37.6 Å². The van der Waals surface area contributed by atoms with E-state index in [9.17, 15) is 9.59 Å². The van der Waals surface area contributed by atoms with E-state index in [-0.39, 0.29) is 5.92 Å². The topological polar surface area (TPSA) is 55.8 Å². The molecule has 0 unspecified atom stereocenters. The normalized spacial score (nSPS) is 17.5. The number of esters is 2. The van der Waals surface area contributed by atoms with E-state index in [0.29, 0.717) is 17.5 Å². The Balaban J connectivity index is 2.05. The Bertz CT molecular complexity index is 1010. The van der Waals surface area contributed by atoms with Crippen molar-refractivity contribution < 1.29 is 19.1 Å². The van der Waals surface area contributed by atoms with E-state index >= 15 is 0 Å². The van der Waals surface area contributed by atoms with Crippen LogP contribution < -0.4 is 9.47 Å². The van der Waals surface area contributed by atoms with Crippen LogP contribution in [0.1, 0.15) is 61.9 Å². The number of fused-ring (bicyclic) bond motifs is 2. The smallest absolute Gasteiger partial charge is 0.308 e. The van der Waals surface area contributed by atoms with Crippen LogP contribution in [0.3, 0.4) is 0 Å². The predicted molar refractivity (Wildman–Crippen MR) is 111 cm³/mol. The molecule has 2 aliphatic rings. The molecule has 5 nitrogen and oxygen atoms in total. The van der Waals surface area contributed by atoms with E-state index in [1.807, 2.05) is 13.8 Å². The largest absolute Gasteiger partial charge is 0.422 e. The van der Waals surface area contributed by atoms with Gasteiger partial charge in [-0.1, -0.05) is 38.1 Å². The van der Waals surface area contributed by atoms with Gasteiger partial charge in [0.2, 0.25) is 0 Å². The monoisotopic (exact) mass is 393 g/mol. The highest BCUT2D eigenvalue weighted by Crippen LogP contribution is 2.53. The maximum atomic E-state index is 12.0. The van der Waals surface area contributed by atoms with Crippen LogP contribution in [0.2, 0.25) is 0 Å². The van der Waals surface area contributed by atoms with Gasteiger partial charge in [0.15, 0.2) is 11.5 Å². The van der Waals surface area contributed by atoms with Crippen LogP contribution in [-0.4, -0.2) is 30.4 Å². The van der Waals surface area contributed by atoms with Crippen molar-refractivity contribution in [2.45, 2.75) is 52.5 Å². The average Bonchev–Trinajstić information content (AvgIpc) is 2.65. The standard InChI is InChI=1S/C24H27NO4/c1-13(2)19-11-17-12-20-21-16(9-10-25(20)5)7-6-8-18(21)22(17)24(29-15(4)27)23(19)28-14(3)26/h6-8,11,13,20H,9-10,12H2,1-5H3/t20-/m1/s1. The maximum Gasteiger partial charge on any atom is 0.308 e. The van der Waals surface area contributed by atoms with Gasteiger partial charge in [-0.3, -0.25) is 14.5 Å². The van der Waals surface area contributed by atoms with E-state index in [4.69, 9.17) is 9.47 Å². The number of rotatable bonds is 3. The minimum Gasteiger partial charge on any atom is -0.422 e. The number of hydrogen-bond acceptors (Lipinski definition) is 5. The van der Waals surface area contributed by atoms with Crippen molar-refractivity contribution in [3.8, 4) is 22.6 Å². The minimum atomic E-state index is -0.427. The fraction of sp³-hybridized carbons (Fsp3) is 0.417. The summed E-state index contributed by atoms with van der Waals surface area (Å²) in [6.45, 7) is 7.87. The van der Waals surface area contributed by atoms with Gasteiger partial charge in [-0.25, -0.2) is 0 Å². The lowest BCUT2D eigenvalue weighted by molar-refractivity contribution is -0.134. The highest BCUT2D eigenvalue weighted by Gasteiger charge is 2.36. The molecule has 0 fully saturated rings.